The van der Waals surface area contributed by atoms with E-state index >= 15 is 0 Å². The highest BCUT2D eigenvalue weighted by Gasteiger charge is 2.24. The van der Waals surface area contributed by atoms with Crippen molar-refractivity contribution in [3.8, 4) is 11.3 Å². The van der Waals surface area contributed by atoms with E-state index in [2.05, 4.69) is 54.6 Å². The molecule has 0 fully saturated rings. The van der Waals surface area contributed by atoms with Gasteiger partial charge in [-0.2, -0.15) is 0 Å². The fourth-order valence-corrected chi connectivity index (χ4v) is 4.58. The zero-order valence-electron chi connectivity index (χ0n) is 14.7. The third-order valence-electron chi connectivity index (χ3n) is 5.77. The van der Waals surface area contributed by atoms with Gasteiger partial charge in [0.1, 0.15) is 0 Å². The van der Waals surface area contributed by atoms with Gasteiger partial charge in [-0.3, -0.25) is 0 Å². The van der Waals surface area contributed by atoms with Crippen molar-refractivity contribution in [1.29, 1.82) is 0 Å². The van der Waals surface area contributed by atoms with Gasteiger partial charge in [0.2, 0.25) is 0 Å². The summed E-state index contributed by atoms with van der Waals surface area (Å²) in [6, 6.07) is 25.6. The molecule has 5 aromatic rings. The lowest BCUT2D eigenvalue weighted by Crippen LogP contribution is -2.13. The number of pyridine rings is 1. The molecule has 1 aliphatic carbocycles. The van der Waals surface area contributed by atoms with Gasteiger partial charge in [-0.25, -0.2) is 4.98 Å². The molecule has 1 aliphatic rings. The Morgan fingerprint density at radius 3 is 2.30 bits per heavy atom. The van der Waals surface area contributed by atoms with Crippen LogP contribution in [-0.2, 0) is 12.8 Å². The SMILES string of the molecule is Clc1cccc(-c2nc3ccc4cc5ccccc5cc4c3c3c2CC3)c1. The zero-order valence-corrected chi connectivity index (χ0v) is 15.4. The molecule has 4 aromatic carbocycles. The Morgan fingerprint density at radius 1 is 0.704 bits per heavy atom. The van der Waals surface area contributed by atoms with Crippen LogP contribution in [0.25, 0.3) is 43.7 Å². The Kier molecular flexibility index (Phi) is 3.12. The summed E-state index contributed by atoms with van der Waals surface area (Å²) in [4.78, 5) is 5.07. The van der Waals surface area contributed by atoms with Crippen LogP contribution < -0.4 is 0 Å². The lowest BCUT2D eigenvalue weighted by Gasteiger charge is -2.25. The molecule has 1 heterocycles. The third kappa shape index (κ3) is 2.22. The van der Waals surface area contributed by atoms with Crippen LogP contribution >= 0.6 is 11.6 Å². The molecular formula is C25H16ClN. The predicted molar refractivity (Wildman–Crippen MR) is 115 cm³/mol. The number of hydrogen-bond donors (Lipinski definition) is 0. The van der Waals surface area contributed by atoms with Crippen molar-refractivity contribution in [1.82, 2.24) is 4.98 Å². The third-order valence-corrected chi connectivity index (χ3v) is 6.01. The van der Waals surface area contributed by atoms with E-state index in [1.54, 1.807) is 0 Å². The molecule has 128 valence electrons. The van der Waals surface area contributed by atoms with Gasteiger partial charge in [-0.15, -0.1) is 0 Å². The van der Waals surface area contributed by atoms with Gasteiger partial charge in [0, 0.05) is 16.0 Å². The summed E-state index contributed by atoms with van der Waals surface area (Å²) in [7, 11) is 0. The molecule has 1 aromatic heterocycles. The van der Waals surface area contributed by atoms with Crippen LogP contribution in [0.1, 0.15) is 11.1 Å². The minimum Gasteiger partial charge on any atom is -0.247 e. The second-order valence-corrected chi connectivity index (χ2v) is 7.74. The van der Waals surface area contributed by atoms with E-state index in [0.29, 0.717) is 0 Å². The Bertz CT molecular complexity index is 1380. The van der Waals surface area contributed by atoms with E-state index in [0.717, 1.165) is 34.6 Å². The molecule has 6 rings (SSSR count). The first kappa shape index (κ1) is 15.2. The molecule has 0 saturated carbocycles. The maximum absolute atomic E-state index is 6.23. The molecule has 0 radical (unpaired) electrons. The number of aromatic nitrogens is 1. The number of benzene rings is 4. The number of nitrogens with zero attached hydrogens (tertiary/aromatic N) is 1. The minimum atomic E-state index is 0.757. The smallest absolute Gasteiger partial charge is 0.0745 e. The van der Waals surface area contributed by atoms with Gasteiger partial charge in [-0.05, 0) is 75.8 Å². The quantitative estimate of drug-likeness (QED) is 0.231. The van der Waals surface area contributed by atoms with E-state index in [4.69, 9.17) is 16.6 Å². The van der Waals surface area contributed by atoms with Crippen molar-refractivity contribution in [2.45, 2.75) is 12.8 Å². The monoisotopic (exact) mass is 365 g/mol. The highest BCUT2D eigenvalue weighted by Crippen LogP contribution is 2.41. The first-order chi connectivity index (χ1) is 13.3. The summed E-state index contributed by atoms with van der Waals surface area (Å²) in [5.41, 5.74) is 6.11. The minimum absolute atomic E-state index is 0.757. The Hall–Kier alpha value is -2.90. The average Bonchev–Trinajstić information content (AvgIpc) is 2.66. The van der Waals surface area contributed by atoms with Crippen LogP contribution in [0.15, 0.2) is 72.8 Å². The topological polar surface area (TPSA) is 12.9 Å². The van der Waals surface area contributed by atoms with Gasteiger partial charge < -0.3 is 0 Å². The van der Waals surface area contributed by atoms with E-state index < -0.39 is 0 Å². The van der Waals surface area contributed by atoms with E-state index in [1.165, 1.54) is 38.1 Å². The highest BCUT2D eigenvalue weighted by atomic mass is 35.5. The number of halogens is 1. The van der Waals surface area contributed by atoms with Crippen molar-refractivity contribution in [3.63, 3.8) is 0 Å². The van der Waals surface area contributed by atoms with Gasteiger partial charge in [0.15, 0.2) is 0 Å². The van der Waals surface area contributed by atoms with Crippen LogP contribution in [0.3, 0.4) is 0 Å². The van der Waals surface area contributed by atoms with Crippen LogP contribution in [-0.4, -0.2) is 4.98 Å². The van der Waals surface area contributed by atoms with Gasteiger partial charge in [-0.1, -0.05) is 54.1 Å². The summed E-state index contributed by atoms with van der Waals surface area (Å²) < 4.78 is 0. The van der Waals surface area contributed by atoms with Crippen LogP contribution in [0, 0.1) is 0 Å². The number of hydrogen-bond acceptors (Lipinski definition) is 1. The maximum Gasteiger partial charge on any atom is 0.0745 e. The lowest BCUT2D eigenvalue weighted by molar-refractivity contribution is 0.847. The van der Waals surface area contributed by atoms with E-state index in [-0.39, 0.29) is 0 Å². The summed E-state index contributed by atoms with van der Waals surface area (Å²) in [5, 5.41) is 7.24. The summed E-state index contributed by atoms with van der Waals surface area (Å²) in [6.07, 6.45) is 2.21. The number of fused-ring (bicyclic) bond motifs is 6. The normalized spacial score (nSPS) is 13.1. The molecule has 0 saturated heterocycles. The molecule has 0 aliphatic heterocycles. The van der Waals surface area contributed by atoms with Crippen LogP contribution in [0.4, 0.5) is 0 Å². The molecule has 1 nitrogen and oxygen atoms in total. The first-order valence-electron chi connectivity index (χ1n) is 9.31. The van der Waals surface area contributed by atoms with Crippen molar-refractivity contribution in [3.05, 3.63) is 88.9 Å². The molecule has 27 heavy (non-hydrogen) atoms. The molecule has 0 bridgehead atoms. The molecule has 0 amide bonds. The van der Waals surface area contributed by atoms with E-state index in [1.807, 2.05) is 18.2 Å². The second kappa shape index (κ2) is 5.55. The number of aryl methyl sites for hydroxylation is 1. The Labute approximate surface area is 162 Å². The molecule has 0 spiro atoms. The standard InChI is InChI=1S/C25H16ClN/c26-19-7-3-6-18(13-19)25-21-10-9-20(21)24-22-14-16-5-2-1-4-15(16)12-17(22)8-11-23(24)27-25/h1-8,11-14H,9-10H2. The molecule has 0 unspecified atom stereocenters. The van der Waals surface area contributed by atoms with Crippen LogP contribution in [0.2, 0.25) is 5.02 Å². The maximum atomic E-state index is 6.23. The molecule has 2 heteroatoms. The summed E-state index contributed by atoms with van der Waals surface area (Å²) in [5.74, 6) is 0. The fourth-order valence-electron chi connectivity index (χ4n) is 4.39. The van der Waals surface area contributed by atoms with Crippen molar-refractivity contribution < 1.29 is 0 Å². The number of rotatable bonds is 1. The lowest BCUT2D eigenvalue weighted by atomic mass is 9.81. The van der Waals surface area contributed by atoms with Gasteiger partial charge >= 0.3 is 0 Å². The van der Waals surface area contributed by atoms with Crippen molar-refractivity contribution in [2.75, 3.05) is 0 Å². The van der Waals surface area contributed by atoms with Gasteiger partial charge in [0.05, 0.1) is 11.2 Å². The van der Waals surface area contributed by atoms with Gasteiger partial charge in [0.25, 0.3) is 0 Å². The summed E-state index contributed by atoms with van der Waals surface area (Å²) in [6.45, 7) is 0. The molecule has 0 atom stereocenters. The largest absolute Gasteiger partial charge is 0.247 e. The van der Waals surface area contributed by atoms with Crippen molar-refractivity contribution >= 4 is 44.0 Å². The first-order valence-corrected chi connectivity index (χ1v) is 9.69. The average molecular weight is 366 g/mol. The Morgan fingerprint density at radius 2 is 1.52 bits per heavy atom. The summed E-state index contributed by atoms with van der Waals surface area (Å²) >= 11 is 6.23. The highest BCUT2D eigenvalue weighted by molar-refractivity contribution is 6.30. The zero-order chi connectivity index (χ0) is 18.0. The van der Waals surface area contributed by atoms with Crippen molar-refractivity contribution in [2.24, 2.45) is 0 Å². The fraction of sp³-hybridized carbons (Fsp3) is 0.0800. The van der Waals surface area contributed by atoms with Crippen LogP contribution in [0.5, 0.6) is 0 Å². The molecular weight excluding hydrogens is 350 g/mol. The van der Waals surface area contributed by atoms with E-state index in [9.17, 15) is 0 Å². The predicted octanol–water partition coefficient (Wildman–Crippen LogP) is 6.96. The molecule has 0 N–H and O–H groups in total. The second-order valence-electron chi connectivity index (χ2n) is 7.31. The Balaban J connectivity index is 1.71.